The quantitative estimate of drug-likeness (QED) is 0.489. The van der Waals surface area contributed by atoms with Crippen LogP contribution in [0.25, 0.3) is 11.1 Å². The van der Waals surface area contributed by atoms with Gasteiger partial charge in [0, 0.05) is 6.04 Å². The number of nitrogens with zero attached hydrogens (tertiary/aromatic N) is 1. The van der Waals surface area contributed by atoms with Crippen molar-refractivity contribution in [3.05, 3.63) is 94.5 Å². The van der Waals surface area contributed by atoms with Crippen molar-refractivity contribution in [3.8, 4) is 11.1 Å². The Morgan fingerprint density at radius 1 is 0.750 bits per heavy atom. The van der Waals surface area contributed by atoms with Crippen molar-refractivity contribution in [2.45, 2.75) is 45.6 Å². The Kier molecular flexibility index (Phi) is 5.37. The molecule has 3 aromatic carbocycles. The van der Waals surface area contributed by atoms with Gasteiger partial charge in [-0.3, -0.25) is 4.90 Å². The Balaban J connectivity index is 1.65. The molecule has 1 heterocycles. The van der Waals surface area contributed by atoms with Crippen LogP contribution in [0.2, 0.25) is 0 Å². The van der Waals surface area contributed by atoms with Crippen LogP contribution in [0, 0.1) is 20.8 Å². The molecule has 4 rings (SSSR count). The summed E-state index contributed by atoms with van der Waals surface area (Å²) in [5.74, 6) is 0.643. The van der Waals surface area contributed by atoms with Crippen molar-refractivity contribution >= 4 is 0 Å². The number of benzene rings is 3. The van der Waals surface area contributed by atoms with Crippen LogP contribution >= 0.6 is 0 Å². The van der Waals surface area contributed by atoms with E-state index in [9.17, 15) is 0 Å². The van der Waals surface area contributed by atoms with Crippen molar-refractivity contribution in [1.82, 2.24) is 4.90 Å². The molecular formula is C27H31N. The molecule has 3 aromatic rings. The molecule has 1 aliphatic rings. The minimum absolute atomic E-state index is 0.477. The predicted molar refractivity (Wildman–Crippen MR) is 120 cm³/mol. The van der Waals surface area contributed by atoms with Crippen molar-refractivity contribution in [2.24, 2.45) is 0 Å². The van der Waals surface area contributed by atoms with Crippen molar-refractivity contribution < 1.29 is 0 Å². The van der Waals surface area contributed by atoms with Gasteiger partial charge in [0.1, 0.15) is 0 Å². The first kappa shape index (κ1) is 19.0. The maximum absolute atomic E-state index is 2.55. The lowest BCUT2D eigenvalue weighted by molar-refractivity contribution is 0.169. The van der Waals surface area contributed by atoms with E-state index in [1.54, 1.807) is 0 Å². The molecule has 28 heavy (non-hydrogen) atoms. The maximum Gasteiger partial charge on any atom is 0.0353 e. The van der Waals surface area contributed by atoms with Gasteiger partial charge in [-0.25, -0.2) is 0 Å². The van der Waals surface area contributed by atoms with Crippen LogP contribution in [-0.2, 0) is 0 Å². The molecular weight excluding hydrogens is 338 g/mol. The maximum atomic E-state index is 2.55. The van der Waals surface area contributed by atoms with Crippen LogP contribution < -0.4 is 0 Å². The standard InChI is InChI=1S/C27H31N/c1-19-5-10-22(11-6-19)24-14-9-21(3)26(17-24)27-18-25(15-16-28(27)4)23-12-7-20(2)8-13-23/h5-14,17,25,27H,15-16,18H2,1-4H3. The van der Waals surface area contributed by atoms with Gasteiger partial charge in [-0.1, -0.05) is 71.8 Å². The second-order valence-corrected chi connectivity index (χ2v) is 8.57. The lowest BCUT2D eigenvalue weighted by Crippen LogP contribution is -2.33. The van der Waals surface area contributed by atoms with Gasteiger partial charge >= 0.3 is 0 Å². The summed E-state index contributed by atoms with van der Waals surface area (Å²) in [5.41, 5.74) is 9.66. The van der Waals surface area contributed by atoms with Gasteiger partial charge < -0.3 is 0 Å². The Morgan fingerprint density at radius 3 is 2.04 bits per heavy atom. The molecule has 0 N–H and O–H groups in total. The van der Waals surface area contributed by atoms with Gasteiger partial charge in [-0.2, -0.15) is 0 Å². The highest BCUT2D eigenvalue weighted by Crippen LogP contribution is 2.40. The summed E-state index contributed by atoms with van der Waals surface area (Å²) in [6.45, 7) is 7.72. The largest absolute Gasteiger partial charge is 0.299 e. The lowest BCUT2D eigenvalue weighted by atomic mass is 9.81. The number of hydrogen-bond acceptors (Lipinski definition) is 1. The van der Waals surface area contributed by atoms with Crippen LogP contribution in [0.1, 0.15) is 52.6 Å². The Hall–Kier alpha value is -2.38. The second-order valence-electron chi connectivity index (χ2n) is 8.57. The van der Waals surface area contributed by atoms with Gasteiger partial charge in [-0.15, -0.1) is 0 Å². The zero-order chi connectivity index (χ0) is 19.7. The minimum Gasteiger partial charge on any atom is -0.299 e. The molecule has 0 radical (unpaired) electrons. The summed E-state index contributed by atoms with van der Waals surface area (Å²) in [5, 5.41) is 0. The van der Waals surface area contributed by atoms with E-state index in [0.717, 1.165) is 6.54 Å². The van der Waals surface area contributed by atoms with Crippen LogP contribution in [0.15, 0.2) is 66.7 Å². The number of likely N-dealkylation sites (tertiary alicyclic amines) is 1. The smallest absolute Gasteiger partial charge is 0.0353 e. The molecule has 1 heteroatoms. The first-order valence-electron chi connectivity index (χ1n) is 10.5. The molecule has 0 spiro atoms. The highest BCUT2D eigenvalue weighted by molar-refractivity contribution is 5.65. The average Bonchev–Trinajstić information content (AvgIpc) is 2.70. The number of rotatable bonds is 3. The van der Waals surface area contributed by atoms with E-state index < -0.39 is 0 Å². The zero-order valence-electron chi connectivity index (χ0n) is 17.6. The molecule has 0 aliphatic carbocycles. The lowest BCUT2D eigenvalue weighted by Gasteiger charge is -2.38. The summed E-state index contributed by atoms with van der Waals surface area (Å²) in [6.07, 6.45) is 2.44. The molecule has 1 fully saturated rings. The van der Waals surface area contributed by atoms with E-state index in [1.165, 1.54) is 51.8 Å². The molecule has 144 valence electrons. The summed E-state index contributed by atoms with van der Waals surface area (Å²) < 4.78 is 0. The van der Waals surface area contributed by atoms with Crippen LogP contribution in [0.4, 0.5) is 0 Å². The molecule has 1 saturated heterocycles. The molecule has 0 amide bonds. The highest BCUT2D eigenvalue weighted by atomic mass is 15.1. The normalized spacial score (nSPS) is 20.3. The summed E-state index contributed by atoms with van der Waals surface area (Å²) in [4.78, 5) is 2.55. The van der Waals surface area contributed by atoms with E-state index in [1.807, 2.05) is 0 Å². The first-order chi connectivity index (χ1) is 13.5. The van der Waals surface area contributed by atoms with Gasteiger partial charge in [0.2, 0.25) is 0 Å². The number of piperidine rings is 1. The summed E-state index contributed by atoms with van der Waals surface area (Å²) in [6, 6.07) is 25.5. The van der Waals surface area contributed by atoms with Crippen LogP contribution in [0.3, 0.4) is 0 Å². The third-order valence-corrected chi connectivity index (χ3v) is 6.44. The van der Waals surface area contributed by atoms with E-state index in [0.29, 0.717) is 12.0 Å². The van der Waals surface area contributed by atoms with E-state index in [2.05, 4.69) is 99.4 Å². The molecule has 0 aromatic heterocycles. The fourth-order valence-corrected chi connectivity index (χ4v) is 4.51. The second kappa shape index (κ2) is 7.93. The number of hydrogen-bond donors (Lipinski definition) is 0. The van der Waals surface area contributed by atoms with Gasteiger partial charge in [-0.05, 0) is 87.0 Å². The van der Waals surface area contributed by atoms with E-state index >= 15 is 0 Å². The molecule has 0 bridgehead atoms. The zero-order valence-corrected chi connectivity index (χ0v) is 17.6. The SMILES string of the molecule is Cc1ccc(-c2ccc(C)c(C3CC(c4ccc(C)cc4)CCN3C)c2)cc1. The minimum atomic E-state index is 0.477. The Labute approximate surface area is 170 Å². The first-order valence-corrected chi connectivity index (χ1v) is 10.5. The molecule has 1 aliphatic heterocycles. The monoisotopic (exact) mass is 369 g/mol. The fraction of sp³-hybridized carbons (Fsp3) is 0.333. The van der Waals surface area contributed by atoms with E-state index in [-0.39, 0.29) is 0 Å². The van der Waals surface area contributed by atoms with Crippen LogP contribution in [-0.4, -0.2) is 18.5 Å². The third-order valence-electron chi connectivity index (χ3n) is 6.44. The van der Waals surface area contributed by atoms with Gasteiger partial charge in [0.25, 0.3) is 0 Å². The molecule has 1 nitrogen and oxygen atoms in total. The predicted octanol–water partition coefficient (Wildman–Crippen LogP) is 6.83. The van der Waals surface area contributed by atoms with Crippen molar-refractivity contribution in [1.29, 1.82) is 0 Å². The molecule has 2 unspecified atom stereocenters. The van der Waals surface area contributed by atoms with E-state index in [4.69, 9.17) is 0 Å². The van der Waals surface area contributed by atoms with Gasteiger partial charge in [0.15, 0.2) is 0 Å². The number of aryl methyl sites for hydroxylation is 3. The summed E-state index contributed by atoms with van der Waals surface area (Å²) >= 11 is 0. The van der Waals surface area contributed by atoms with Gasteiger partial charge in [0.05, 0.1) is 0 Å². The Bertz CT molecular complexity index is 937. The molecule has 2 atom stereocenters. The molecule has 0 saturated carbocycles. The van der Waals surface area contributed by atoms with Crippen molar-refractivity contribution in [3.63, 3.8) is 0 Å². The van der Waals surface area contributed by atoms with Crippen LogP contribution in [0.5, 0.6) is 0 Å². The van der Waals surface area contributed by atoms with Crippen molar-refractivity contribution in [2.75, 3.05) is 13.6 Å². The summed E-state index contributed by atoms with van der Waals surface area (Å²) in [7, 11) is 2.29. The fourth-order valence-electron chi connectivity index (χ4n) is 4.51. The average molecular weight is 370 g/mol. The third kappa shape index (κ3) is 3.91. The topological polar surface area (TPSA) is 3.24 Å². The Morgan fingerprint density at radius 2 is 1.36 bits per heavy atom. The highest BCUT2D eigenvalue weighted by Gasteiger charge is 2.29.